The highest BCUT2D eigenvalue weighted by Crippen LogP contribution is 2.26. The molecule has 1 aromatic carbocycles. The first-order valence-corrected chi connectivity index (χ1v) is 11.4. The molecule has 7 heteroatoms. The van der Waals surface area contributed by atoms with Crippen LogP contribution in [0.1, 0.15) is 49.1 Å². The lowest BCUT2D eigenvalue weighted by atomic mass is 9.95. The highest BCUT2D eigenvalue weighted by molar-refractivity contribution is 6.08. The molecule has 1 saturated heterocycles. The third-order valence-corrected chi connectivity index (χ3v) is 6.14. The Kier molecular flexibility index (Phi) is 7.48. The molecule has 1 atom stereocenters. The van der Waals surface area contributed by atoms with Crippen molar-refractivity contribution in [1.29, 1.82) is 0 Å². The fourth-order valence-electron chi connectivity index (χ4n) is 4.39. The second-order valence-electron chi connectivity index (χ2n) is 8.34. The number of carbonyl (C=O) groups excluding carboxylic acids is 1. The summed E-state index contributed by atoms with van der Waals surface area (Å²) in [7, 11) is 1.63. The van der Waals surface area contributed by atoms with Crippen LogP contribution in [0.3, 0.4) is 0 Å². The molecule has 0 spiro atoms. The normalized spacial score (nSPS) is 22.0. The van der Waals surface area contributed by atoms with Crippen LogP contribution in [0.25, 0.3) is 0 Å². The molecule has 4 rings (SSSR count). The van der Waals surface area contributed by atoms with E-state index >= 15 is 0 Å². The number of nitrogens with one attached hydrogen (secondary N) is 1. The van der Waals surface area contributed by atoms with Crippen molar-refractivity contribution in [2.75, 3.05) is 39.9 Å². The molecule has 4 bridgehead atoms. The van der Waals surface area contributed by atoms with Crippen LogP contribution in [-0.2, 0) is 16.0 Å². The lowest BCUT2D eigenvalue weighted by Gasteiger charge is -2.22. The van der Waals surface area contributed by atoms with Gasteiger partial charge in [0.05, 0.1) is 25.5 Å². The molecule has 0 aromatic heterocycles. The zero-order chi connectivity index (χ0) is 21.5. The number of benzene rings is 1. The first-order chi connectivity index (χ1) is 15.2. The summed E-state index contributed by atoms with van der Waals surface area (Å²) in [6, 6.07) is 8.93. The zero-order valence-electron chi connectivity index (χ0n) is 18.4. The molecule has 3 aliphatic heterocycles. The van der Waals surface area contributed by atoms with Crippen LogP contribution in [-0.4, -0.2) is 67.4 Å². The summed E-state index contributed by atoms with van der Waals surface area (Å²) in [5, 5.41) is 2.01. The standard InChI is InChI=1S/C24H33N5O2/c1-31-16-11-23(30)28-13-5-3-2-4-7-19-8-6-9-20(17-19)21-18-26-29-14-10-22(25-12-15-28)27-24(21)29/h6,8-10,14,17,21,26H,2-5,7,11-13,15-16,18H2,1H3. The van der Waals surface area contributed by atoms with Crippen LogP contribution >= 0.6 is 0 Å². The van der Waals surface area contributed by atoms with Crippen molar-refractivity contribution in [3.8, 4) is 0 Å². The maximum Gasteiger partial charge on any atom is 0.224 e. The number of rotatable bonds is 3. The van der Waals surface area contributed by atoms with Gasteiger partial charge in [0.15, 0.2) is 5.84 Å². The first-order valence-electron chi connectivity index (χ1n) is 11.4. The quantitative estimate of drug-likeness (QED) is 0.812. The number of nitrogens with zero attached hydrogens (tertiary/aromatic N) is 4. The molecular weight excluding hydrogens is 390 g/mol. The molecule has 7 nitrogen and oxygen atoms in total. The predicted octanol–water partition coefficient (Wildman–Crippen LogP) is 2.90. The number of hydrogen-bond acceptors (Lipinski definition) is 6. The molecule has 166 valence electrons. The smallest absolute Gasteiger partial charge is 0.224 e. The van der Waals surface area contributed by atoms with Gasteiger partial charge in [0.2, 0.25) is 5.91 Å². The summed E-state index contributed by atoms with van der Waals surface area (Å²) >= 11 is 0. The van der Waals surface area contributed by atoms with E-state index in [1.165, 1.54) is 24.0 Å². The van der Waals surface area contributed by atoms with Crippen molar-refractivity contribution in [2.45, 2.75) is 44.4 Å². The summed E-state index contributed by atoms with van der Waals surface area (Å²) in [5.74, 6) is 2.09. The van der Waals surface area contributed by atoms with Crippen LogP contribution < -0.4 is 5.43 Å². The first kappa shape index (κ1) is 21.7. The Morgan fingerprint density at radius 3 is 3.03 bits per heavy atom. The second kappa shape index (κ2) is 10.7. The van der Waals surface area contributed by atoms with Crippen molar-refractivity contribution in [3.05, 3.63) is 47.7 Å². The number of methoxy groups -OCH3 is 1. The molecule has 0 radical (unpaired) electrons. The fraction of sp³-hybridized carbons (Fsp3) is 0.542. The summed E-state index contributed by atoms with van der Waals surface area (Å²) < 4.78 is 5.09. The number of aryl methyl sites for hydroxylation is 1. The number of hydrazine groups is 1. The van der Waals surface area contributed by atoms with Gasteiger partial charge in [-0.3, -0.25) is 14.8 Å². The number of aliphatic imine (C=N–C) groups is 2. The van der Waals surface area contributed by atoms with E-state index in [1.54, 1.807) is 7.11 Å². The van der Waals surface area contributed by atoms with Gasteiger partial charge in [0.1, 0.15) is 5.84 Å². The number of amides is 1. The number of amidine groups is 2. The van der Waals surface area contributed by atoms with Gasteiger partial charge in [-0.25, -0.2) is 10.4 Å². The van der Waals surface area contributed by atoms with Gasteiger partial charge < -0.3 is 9.64 Å². The van der Waals surface area contributed by atoms with Gasteiger partial charge in [0, 0.05) is 39.0 Å². The highest BCUT2D eigenvalue weighted by Gasteiger charge is 2.31. The molecule has 0 saturated carbocycles. The fourth-order valence-corrected chi connectivity index (χ4v) is 4.39. The minimum Gasteiger partial charge on any atom is -0.384 e. The van der Waals surface area contributed by atoms with Gasteiger partial charge in [-0.1, -0.05) is 37.1 Å². The second-order valence-corrected chi connectivity index (χ2v) is 8.34. The highest BCUT2D eigenvalue weighted by atomic mass is 16.5. The maximum absolute atomic E-state index is 12.6. The third kappa shape index (κ3) is 5.60. The minimum atomic E-state index is 0.146. The van der Waals surface area contributed by atoms with E-state index < -0.39 is 0 Å². The van der Waals surface area contributed by atoms with Crippen LogP contribution in [0.4, 0.5) is 0 Å². The van der Waals surface area contributed by atoms with Crippen LogP contribution in [0.5, 0.6) is 0 Å². The molecule has 1 aromatic rings. The van der Waals surface area contributed by atoms with Gasteiger partial charge >= 0.3 is 0 Å². The third-order valence-electron chi connectivity index (χ3n) is 6.14. The van der Waals surface area contributed by atoms with E-state index in [0.717, 1.165) is 44.0 Å². The Morgan fingerprint density at radius 1 is 1.23 bits per heavy atom. The van der Waals surface area contributed by atoms with Crippen molar-refractivity contribution >= 4 is 17.6 Å². The van der Waals surface area contributed by atoms with Crippen LogP contribution in [0.2, 0.25) is 0 Å². The van der Waals surface area contributed by atoms with Gasteiger partial charge in [-0.2, -0.15) is 0 Å². The van der Waals surface area contributed by atoms with E-state index in [0.29, 0.717) is 26.1 Å². The number of fused-ring (bicyclic) bond motifs is 4. The van der Waals surface area contributed by atoms with Crippen molar-refractivity contribution < 1.29 is 9.53 Å². The van der Waals surface area contributed by atoms with Gasteiger partial charge in [0.25, 0.3) is 0 Å². The largest absolute Gasteiger partial charge is 0.384 e. The number of hydrogen-bond donors (Lipinski definition) is 1. The topological polar surface area (TPSA) is 69.5 Å². The Bertz CT molecular complexity index is 863. The Hall–Kier alpha value is -2.51. The molecule has 1 N–H and O–H groups in total. The van der Waals surface area contributed by atoms with Crippen LogP contribution in [0.15, 0.2) is 46.5 Å². The molecule has 31 heavy (non-hydrogen) atoms. The van der Waals surface area contributed by atoms with Gasteiger partial charge in [-0.05, 0) is 30.4 Å². The van der Waals surface area contributed by atoms with E-state index in [1.807, 2.05) is 22.2 Å². The maximum atomic E-state index is 12.6. The zero-order valence-corrected chi connectivity index (χ0v) is 18.4. The molecule has 1 amide bonds. The van der Waals surface area contributed by atoms with E-state index in [2.05, 4.69) is 29.7 Å². The van der Waals surface area contributed by atoms with Crippen molar-refractivity contribution in [2.24, 2.45) is 9.98 Å². The molecule has 1 fully saturated rings. The summed E-state index contributed by atoms with van der Waals surface area (Å²) in [6.45, 7) is 3.26. The molecular formula is C24H33N5O2. The number of ether oxygens (including phenoxy) is 1. The van der Waals surface area contributed by atoms with Crippen molar-refractivity contribution in [1.82, 2.24) is 15.3 Å². The molecule has 3 heterocycles. The summed E-state index contributed by atoms with van der Waals surface area (Å²) in [6.07, 6.45) is 9.97. The average Bonchev–Trinajstić information content (AvgIpc) is 3.21. The molecule has 0 aliphatic carbocycles. The van der Waals surface area contributed by atoms with Crippen molar-refractivity contribution in [3.63, 3.8) is 0 Å². The monoisotopic (exact) mass is 423 g/mol. The summed E-state index contributed by atoms with van der Waals surface area (Å²) in [4.78, 5) is 24.1. The Labute approximate surface area is 184 Å². The minimum absolute atomic E-state index is 0.146. The Morgan fingerprint density at radius 2 is 2.13 bits per heavy atom. The van der Waals surface area contributed by atoms with E-state index in [4.69, 9.17) is 14.7 Å². The average molecular weight is 424 g/mol. The lowest BCUT2D eigenvalue weighted by Crippen LogP contribution is -2.35. The van der Waals surface area contributed by atoms with Gasteiger partial charge in [-0.15, -0.1) is 0 Å². The van der Waals surface area contributed by atoms with E-state index in [-0.39, 0.29) is 11.8 Å². The van der Waals surface area contributed by atoms with Crippen LogP contribution in [0, 0.1) is 0 Å². The predicted molar refractivity (Wildman–Crippen MR) is 123 cm³/mol. The lowest BCUT2D eigenvalue weighted by molar-refractivity contribution is -0.132. The Balaban J connectivity index is 1.54. The SMILES string of the molecule is COCCC(=O)N1CCCCCCc2cccc(c2)C2CNN3C=CC(=NCC1)N=C23. The molecule has 1 unspecified atom stereocenters. The summed E-state index contributed by atoms with van der Waals surface area (Å²) in [5.41, 5.74) is 6.11. The van der Waals surface area contributed by atoms with E-state index in [9.17, 15) is 4.79 Å². The number of carbonyl (C=O) groups is 1. The molecule has 3 aliphatic rings.